The molecule has 1 aromatic rings. The Morgan fingerprint density at radius 1 is 1.26 bits per heavy atom. The van der Waals surface area contributed by atoms with Crippen LogP contribution in [0, 0.1) is 6.92 Å². The van der Waals surface area contributed by atoms with Crippen molar-refractivity contribution in [2.75, 3.05) is 6.61 Å². The summed E-state index contributed by atoms with van der Waals surface area (Å²) in [6.07, 6.45) is 1.94. The van der Waals surface area contributed by atoms with Gasteiger partial charge in [0.2, 0.25) is 11.5 Å². The van der Waals surface area contributed by atoms with Gasteiger partial charge in [-0.2, -0.15) is 9.97 Å². The second-order valence-electron chi connectivity index (χ2n) is 4.38. The van der Waals surface area contributed by atoms with E-state index in [1.165, 1.54) is 0 Å². The summed E-state index contributed by atoms with van der Waals surface area (Å²) in [5.41, 5.74) is 0. The van der Waals surface area contributed by atoms with Gasteiger partial charge in [0.15, 0.2) is 5.76 Å². The Labute approximate surface area is 110 Å². The Morgan fingerprint density at radius 2 is 2.11 bits per heavy atom. The van der Waals surface area contributed by atoms with Crippen LogP contribution in [0.25, 0.3) is 0 Å². The van der Waals surface area contributed by atoms with E-state index in [0.717, 1.165) is 6.42 Å². The second-order valence-corrected chi connectivity index (χ2v) is 4.38. The van der Waals surface area contributed by atoms with Crippen LogP contribution in [0.1, 0.15) is 32.0 Å². The van der Waals surface area contributed by atoms with Gasteiger partial charge in [0, 0.05) is 12.8 Å². The van der Waals surface area contributed by atoms with Gasteiger partial charge in [-0.05, 0) is 20.3 Å². The molecule has 0 saturated carbocycles. The van der Waals surface area contributed by atoms with E-state index < -0.39 is 0 Å². The van der Waals surface area contributed by atoms with Crippen LogP contribution in [-0.4, -0.2) is 22.4 Å². The van der Waals surface area contributed by atoms with Crippen molar-refractivity contribution in [3.8, 4) is 17.5 Å². The van der Waals surface area contributed by atoms with Crippen molar-refractivity contribution in [3.05, 3.63) is 17.3 Å². The van der Waals surface area contributed by atoms with Gasteiger partial charge in [-0.3, -0.25) is 4.79 Å². The Morgan fingerprint density at radius 3 is 2.89 bits per heavy atom. The zero-order valence-electron chi connectivity index (χ0n) is 10.9. The molecule has 0 unspecified atom stereocenters. The summed E-state index contributed by atoms with van der Waals surface area (Å²) in [6, 6.07) is 0. The monoisotopic (exact) mass is 262 g/mol. The number of Topliss-reactive ketones (excluding diaryl/α,β-unsaturated/α-hetero) is 1. The van der Waals surface area contributed by atoms with Crippen LogP contribution in [0.4, 0.5) is 0 Å². The number of carbonyl (C=O) groups excluding carboxylic acids is 1. The Hall–Kier alpha value is -2.11. The minimum atomic E-state index is -0.0464. The fourth-order valence-corrected chi connectivity index (χ4v) is 2.12. The molecule has 6 nitrogen and oxygen atoms in total. The van der Waals surface area contributed by atoms with Crippen molar-refractivity contribution >= 4 is 5.78 Å². The predicted molar refractivity (Wildman–Crippen MR) is 65.1 cm³/mol. The molecule has 19 heavy (non-hydrogen) atoms. The lowest BCUT2D eigenvalue weighted by molar-refractivity contribution is -0.118. The number of aryl methyl sites for hydroxylation is 1. The normalized spacial score (nSPS) is 17.3. The van der Waals surface area contributed by atoms with Gasteiger partial charge in [0.05, 0.1) is 6.61 Å². The lowest BCUT2D eigenvalue weighted by Crippen LogP contribution is -2.24. The van der Waals surface area contributed by atoms with Crippen LogP contribution in [0.3, 0.4) is 0 Å². The number of nitrogens with zero attached hydrogens (tertiary/aromatic N) is 2. The molecule has 100 valence electrons. The Bertz CT molecular complexity index is 580. The molecule has 1 aromatic heterocycles. The average molecular weight is 262 g/mol. The first-order valence-corrected chi connectivity index (χ1v) is 6.32. The van der Waals surface area contributed by atoms with Gasteiger partial charge >= 0.3 is 0 Å². The van der Waals surface area contributed by atoms with Gasteiger partial charge in [-0.25, -0.2) is 0 Å². The first kappa shape index (κ1) is 12.0. The number of fused-ring (bicyclic) bond motifs is 1. The molecule has 0 amide bonds. The van der Waals surface area contributed by atoms with Crippen molar-refractivity contribution in [2.24, 2.45) is 0 Å². The van der Waals surface area contributed by atoms with Crippen molar-refractivity contribution in [3.63, 3.8) is 0 Å². The van der Waals surface area contributed by atoms with Crippen LogP contribution < -0.4 is 14.2 Å². The highest BCUT2D eigenvalue weighted by Crippen LogP contribution is 2.42. The minimum absolute atomic E-state index is 0.0464. The molecule has 2 aliphatic rings. The number of ether oxygens (including phenoxy) is 3. The van der Waals surface area contributed by atoms with E-state index in [1.807, 2.05) is 6.92 Å². The van der Waals surface area contributed by atoms with Gasteiger partial charge in [0.25, 0.3) is 17.5 Å². The number of aromatic nitrogens is 2. The van der Waals surface area contributed by atoms with E-state index in [0.29, 0.717) is 48.5 Å². The average Bonchev–Trinajstić information content (AvgIpc) is 2.37. The molecule has 0 bridgehead atoms. The van der Waals surface area contributed by atoms with Crippen LogP contribution >= 0.6 is 0 Å². The summed E-state index contributed by atoms with van der Waals surface area (Å²) in [6.45, 7) is 4.05. The van der Waals surface area contributed by atoms with E-state index in [-0.39, 0.29) is 11.5 Å². The largest absolute Gasteiger partial charge is 0.475 e. The standard InChI is InChI=1S/C13H14N2O4/c1-3-17-12-11-13(15-7(2)14-12)18-9-6-4-5-8(16)10(9)19-11/h3-6H2,1-2H3. The van der Waals surface area contributed by atoms with E-state index in [1.54, 1.807) is 6.92 Å². The molecule has 0 aromatic carbocycles. The van der Waals surface area contributed by atoms with Gasteiger partial charge in [-0.15, -0.1) is 0 Å². The molecule has 0 spiro atoms. The first-order chi connectivity index (χ1) is 9.19. The third-order valence-electron chi connectivity index (χ3n) is 2.93. The fraction of sp³-hybridized carbons (Fsp3) is 0.462. The highest BCUT2D eigenvalue weighted by atomic mass is 16.6. The second kappa shape index (κ2) is 4.53. The minimum Gasteiger partial charge on any atom is -0.475 e. The van der Waals surface area contributed by atoms with E-state index in [2.05, 4.69) is 9.97 Å². The summed E-state index contributed by atoms with van der Waals surface area (Å²) < 4.78 is 16.7. The molecular weight excluding hydrogens is 248 g/mol. The molecule has 1 aliphatic carbocycles. The molecule has 0 fully saturated rings. The molecular formula is C13H14N2O4. The Kier molecular flexibility index (Phi) is 2.85. The quantitative estimate of drug-likeness (QED) is 0.811. The zero-order chi connectivity index (χ0) is 13.4. The SMILES string of the molecule is CCOc1nc(C)nc2c1OC1=C(CCCC1=O)O2. The smallest absolute Gasteiger partial charge is 0.270 e. The fourth-order valence-electron chi connectivity index (χ4n) is 2.12. The molecule has 0 N–H and O–H groups in total. The van der Waals surface area contributed by atoms with Crippen LogP contribution in [0.2, 0.25) is 0 Å². The highest BCUT2D eigenvalue weighted by molar-refractivity contribution is 5.95. The summed E-state index contributed by atoms with van der Waals surface area (Å²) in [5.74, 6) is 2.25. The third-order valence-corrected chi connectivity index (χ3v) is 2.93. The number of hydrogen-bond donors (Lipinski definition) is 0. The number of hydrogen-bond acceptors (Lipinski definition) is 6. The maximum absolute atomic E-state index is 11.8. The van der Waals surface area contributed by atoms with Crippen molar-refractivity contribution in [1.29, 1.82) is 0 Å². The van der Waals surface area contributed by atoms with Crippen LogP contribution in [0.15, 0.2) is 11.5 Å². The predicted octanol–water partition coefficient (Wildman–Crippen LogP) is 1.92. The molecule has 6 heteroatoms. The highest BCUT2D eigenvalue weighted by Gasteiger charge is 2.33. The summed E-state index contributed by atoms with van der Waals surface area (Å²) in [4.78, 5) is 20.2. The molecule has 0 saturated heterocycles. The van der Waals surface area contributed by atoms with Crippen LogP contribution in [-0.2, 0) is 4.79 Å². The van der Waals surface area contributed by atoms with Crippen molar-refractivity contribution in [2.45, 2.75) is 33.1 Å². The zero-order valence-corrected chi connectivity index (χ0v) is 10.9. The maximum atomic E-state index is 11.8. The number of carbonyl (C=O) groups is 1. The topological polar surface area (TPSA) is 70.5 Å². The van der Waals surface area contributed by atoms with E-state index in [4.69, 9.17) is 14.2 Å². The van der Waals surface area contributed by atoms with E-state index in [9.17, 15) is 4.79 Å². The summed E-state index contributed by atoms with van der Waals surface area (Å²) in [5, 5.41) is 0. The van der Waals surface area contributed by atoms with Gasteiger partial charge in [-0.1, -0.05) is 0 Å². The Balaban J connectivity index is 2.04. The molecule has 3 rings (SSSR count). The lowest BCUT2D eigenvalue weighted by atomic mass is 10.0. The molecule has 0 atom stereocenters. The van der Waals surface area contributed by atoms with Crippen molar-refractivity contribution < 1.29 is 19.0 Å². The maximum Gasteiger partial charge on any atom is 0.270 e. The summed E-state index contributed by atoms with van der Waals surface area (Å²) in [7, 11) is 0. The number of allylic oxidation sites excluding steroid dienone is 2. The molecule has 2 heterocycles. The third kappa shape index (κ3) is 2.03. The first-order valence-electron chi connectivity index (χ1n) is 6.32. The lowest BCUT2D eigenvalue weighted by Gasteiger charge is -2.25. The van der Waals surface area contributed by atoms with Gasteiger partial charge in [0.1, 0.15) is 5.82 Å². The number of ketones is 1. The van der Waals surface area contributed by atoms with Gasteiger partial charge < -0.3 is 14.2 Å². The number of rotatable bonds is 2. The van der Waals surface area contributed by atoms with E-state index >= 15 is 0 Å². The van der Waals surface area contributed by atoms with Crippen molar-refractivity contribution in [1.82, 2.24) is 9.97 Å². The molecule has 0 radical (unpaired) electrons. The summed E-state index contributed by atoms with van der Waals surface area (Å²) >= 11 is 0. The van der Waals surface area contributed by atoms with Crippen LogP contribution in [0.5, 0.6) is 17.5 Å². The molecule has 1 aliphatic heterocycles.